The highest BCUT2D eigenvalue weighted by Crippen LogP contribution is 2.12. The van der Waals surface area contributed by atoms with Crippen LogP contribution >= 0.6 is 0 Å². The molecule has 1 aromatic carbocycles. The zero-order valence-corrected chi connectivity index (χ0v) is 11.9. The number of hydrogen-bond acceptors (Lipinski definition) is 5. The van der Waals surface area contributed by atoms with Gasteiger partial charge in [0.1, 0.15) is 0 Å². The van der Waals surface area contributed by atoms with Gasteiger partial charge in [-0.1, -0.05) is 12.1 Å². The van der Waals surface area contributed by atoms with Gasteiger partial charge in [-0.25, -0.2) is 15.4 Å². The van der Waals surface area contributed by atoms with Crippen molar-refractivity contribution in [2.45, 2.75) is 13.8 Å². The molecular weight excluding hydrogens is 262 g/mol. The molecule has 5 nitrogen and oxygen atoms in total. The predicted molar refractivity (Wildman–Crippen MR) is 84.5 cm³/mol. The first-order valence-electron chi connectivity index (χ1n) is 6.67. The zero-order valence-electron chi connectivity index (χ0n) is 11.9. The van der Waals surface area contributed by atoms with E-state index in [1.54, 1.807) is 12.4 Å². The van der Waals surface area contributed by atoms with Gasteiger partial charge in [-0.3, -0.25) is 4.98 Å². The number of rotatable bonds is 3. The van der Waals surface area contributed by atoms with Gasteiger partial charge in [-0.05, 0) is 43.7 Å². The number of anilines is 1. The van der Waals surface area contributed by atoms with Crippen LogP contribution in [0.5, 0.6) is 0 Å². The molecule has 21 heavy (non-hydrogen) atoms. The molecule has 0 fully saturated rings. The van der Waals surface area contributed by atoms with Crippen LogP contribution in [0.25, 0.3) is 10.9 Å². The summed E-state index contributed by atoms with van der Waals surface area (Å²) in [5, 5.41) is 5.27. The Hall–Kier alpha value is -2.82. The van der Waals surface area contributed by atoms with Gasteiger partial charge in [0, 0.05) is 23.0 Å². The molecule has 5 heteroatoms. The average Bonchev–Trinajstić information content (AvgIpc) is 2.46. The molecule has 0 saturated heterocycles. The molecule has 3 rings (SSSR count). The van der Waals surface area contributed by atoms with Crippen LogP contribution in [0.15, 0.2) is 47.7 Å². The fourth-order valence-electron chi connectivity index (χ4n) is 2.11. The fraction of sp³-hybridized carbons (Fsp3) is 0.125. The van der Waals surface area contributed by atoms with E-state index < -0.39 is 0 Å². The zero-order chi connectivity index (χ0) is 14.7. The Kier molecular flexibility index (Phi) is 3.55. The Morgan fingerprint density at radius 3 is 2.67 bits per heavy atom. The summed E-state index contributed by atoms with van der Waals surface area (Å²) in [4.78, 5) is 12.8. The van der Waals surface area contributed by atoms with Crippen LogP contribution < -0.4 is 5.43 Å². The molecule has 0 saturated carbocycles. The van der Waals surface area contributed by atoms with Crippen LogP contribution in [0.3, 0.4) is 0 Å². The molecule has 0 aliphatic heterocycles. The van der Waals surface area contributed by atoms with Gasteiger partial charge in [-0.15, -0.1) is 0 Å². The van der Waals surface area contributed by atoms with Gasteiger partial charge in [-0.2, -0.15) is 5.10 Å². The Morgan fingerprint density at radius 1 is 1.05 bits per heavy atom. The monoisotopic (exact) mass is 277 g/mol. The second-order valence-electron chi connectivity index (χ2n) is 4.80. The van der Waals surface area contributed by atoms with Gasteiger partial charge >= 0.3 is 0 Å². The molecule has 1 N–H and O–H groups in total. The van der Waals surface area contributed by atoms with Crippen molar-refractivity contribution < 1.29 is 0 Å². The van der Waals surface area contributed by atoms with Crippen molar-refractivity contribution in [2.75, 3.05) is 5.43 Å². The minimum Gasteiger partial charge on any atom is -0.256 e. The highest BCUT2D eigenvalue weighted by Gasteiger charge is 1.97. The number of pyridine rings is 1. The molecule has 3 aromatic rings. The van der Waals surface area contributed by atoms with Gasteiger partial charge < -0.3 is 0 Å². The standard InChI is InChI=1S/C16H15N5/c1-11-8-12(2)20-16(19-11)21-18-10-13-5-6-15-14(9-13)4-3-7-17-15/h3-10H,1-2H3,(H,19,20,21). The van der Waals surface area contributed by atoms with E-state index in [9.17, 15) is 0 Å². The topological polar surface area (TPSA) is 63.1 Å². The molecule has 0 aliphatic rings. The van der Waals surface area contributed by atoms with Crippen molar-refractivity contribution >= 4 is 23.1 Å². The van der Waals surface area contributed by atoms with Crippen LogP contribution in [0.1, 0.15) is 17.0 Å². The number of fused-ring (bicyclic) bond motifs is 1. The summed E-state index contributed by atoms with van der Waals surface area (Å²) in [6.07, 6.45) is 3.53. The maximum absolute atomic E-state index is 4.29. The molecule has 0 bridgehead atoms. The van der Waals surface area contributed by atoms with Gasteiger partial charge in [0.05, 0.1) is 11.7 Å². The Bertz CT molecular complexity index is 790. The van der Waals surface area contributed by atoms with E-state index in [-0.39, 0.29) is 0 Å². The molecule has 104 valence electrons. The lowest BCUT2D eigenvalue weighted by molar-refractivity contribution is 1.04. The van der Waals surface area contributed by atoms with Gasteiger partial charge in [0.2, 0.25) is 5.95 Å². The van der Waals surface area contributed by atoms with Crippen molar-refractivity contribution in [2.24, 2.45) is 5.10 Å². The molecule has 0 atom stereocenters. The third kappa shape index (κ3) is 3.20. The number of aryl methyl sites for hydroxylation is 2. The van der Waals surface area contributed by atoms with Crippen molar-refractivity contribution in [3.63, 3.8) is 0 Å². The third-order valence-electron chi connectivity index (χ3n) is 2.99. The Balaban J connectivity index is 1.78. The average molecular weight is 277 g/mol. The summed E-state index contributed by atoms with van der Waals surface area (Å²) < 4.78 is 0. The van der Waals surface area contributed by atoms with Gasteiger partial charge in [0.25, 0.3) is 0 Å². The van der Waals surface area contributed by atoms with Crippen LogP contribution in [0.4, 0.5) is 5.95 Å². The van der Waals surface area contributed by atoms with E-state index in [2.05, 4.69) is 25.5 Å². The second kappa shape index (κ2) is 5.66. The van der Waals surface area contributed by atoms with Crippen LogP contribution in [0, 0.1) is 13.8 Å². The fourth-order valence-corrected chi connectivity index (χ4v) is 2.11. The molecular formula is C16H15N5. The lowest BCUT2D eigenvalue weighted by Crippen LogP contribution is -1.99. The number of hydrogen-bond donors (Lipinski definition) is 1. The smallest absolute Gasteiger partial charge is 0.243 e. The lowest BCUT2D eigenvalue weighted by Gasteiger charge is -2.02. The van der Waals surface area contributed by atoms with Crippen molar-refractivity contribution in [3.05, 3.63) is 59.5 Å². The molecule has 2 aromatic heterocycles. The summed E-state index contributed by atoms with van der Waals surface area (Å²) in [6.45, 7) is 3.86. The van der Waals surface area contributed by atoms with Crippen molar-refractivity contribution in [3.8, 4) is 0 Å². The minimum atomic E-state index is 0.506. The lowest BCUT2D eigenvalue weighted by atomic mass is 10.1. The number of hydrazone groups is 1. The predicted octanol–water partition coefficient (Wildman–Crippen LogP) is 3.09. The quantitative estimate of drug-likeness (QED) is 0.590. The van der Waals surface area contributed by atoms with Crippen LogP contribution in [0.2, 0.25) is 0 Å². The van der Waals surface area contributed by atoms with E-state index in [1.807, 2.05) is 50.2 Å². The Morgan fingerprint density at radius 2 is 1.86 bits per heavy atom. The first-order chi connectivity index (χ1) is 10.2. The van der Waals surface area contributed by atoms with Crippen LogP contribution in [-0.4, -0.2) is 21.2 Å². The van der Waals surface area contributed by atoms with E-state index in [1.165, 1.54) is 0 Å². The SMILES string of the molecule is Cc1cc(C)nc(NN=Cc2ccc3ncccc3c2)n1. The van der Waals surface area contributed by atoms with E-state index >= 15 is 0 Å². The largest absolute Gasteiger partial charge is 0.256 e. The summed E-state index contributed by atoms with van der Waals surface area (Å²) in [5.41, 5.74) is 6.65. The summed E-state index contributed by atoms with van der Waals surface area (Å²) in [6, 6.07) is 11.9. The first-order valence-corrected chi connectivity index (χ1v) is 6.67. The normalized spacial score (nSPS) is 11.1. The number of nitrogens with zero attached hydrogens (tertiary/aromatic N) is 4. The molecule has 2 heterocycles. The maximum atomic E-state index is 4.29. The maximum Gasteiger partial charge on any atom is 0.243 e. The van der Waals surface area contributed by atoms with E-state index in [0.29, 0.717) is 5.95 Å². The number of benzene rings is 1. The summed E-state index contributed by atoms with van der Waals surface area (Å²) >= 11 is 0. The molecule has 0 spiro atoms. The van der Waals surface area contributed by atoms with E-state index in [0.717, 1.165) is 27.9 Å². The van der Waals surface area contributed by atoms with Crippen molar-refractivity contribution in [1.82, 2.24) is 15.0 Å². The summed E-state index contributed by atoms with van der Waals surface area (Å²) in [5.74, 6) is 0.506. The van der Waals surface area contributed by atoms with Gasteiger partial charge in [0.15, 0.2) is 0 Å². The molecule has 0 unspecified atom stereocenters. The molecule has 0 aliphatic carbocycles. The minimum absolute atomic E-state index is 0.506. The number of nitrogens with one attached hydrogen (secondary N) is 1. The summed E-state index contributed by atoms with van der Waals surface area (Å²) in [7, 11) is 0. The third-order valence-corrected chi connectivity index (χ3v) is 2.99. The van der Waals surface area contributed by atoms with E-state index in [4.69, 9.17) is 0 Å². The highest BCUT2D eigenvalue weighted by atomic mass is 15.3. The second-order valence-corrected chi connectivity index (χ2v) is 4.80. The highest BCUT2D eigenvalue weighted by molar-refractivity contribution is 5.88. The van der Waals surface area contributed by atoms with Crippen molar-refractivity contribution in [1.29, 1.82) is 0 Å². The Labute approximate surface area is 122 Å². The van der Waals surface area contributed by atoms with Crippen LogP contribution in [-0.2, 0) is 0 Å². The number of aromatic nitrogens is 3. The first kappa shape index (κ1) is 13.2. The molecule has 0 amide bonds. The molecule has 0 radical (unpaired) electrons.